The molecule has 6 nitrogen and oxygen atoms in total. The van der Waals surface area contributed by atoms with E-state index in [4.69, 9.17) is 9.15 Å². The van der Waals surface area contributed by atoms with Crippen molar-refractivity contribution in [1.29, 1.82) is 0 Å². The van der Waals surface area contributed by atoms with Gasteiger partial charge in [-0.1, -0.05) is 36.4 Å². The van der Waals surface area contributed by atoms with Gasteiger partial charge in [0.25, 0.3) is 5.91 Å². The molecule has 1 aliphatic rings. The van der Waals surface area contributed by atoms with Gasteiger partial charge in [0.1, 0.15) is 12.2 Å². The quantitative estimate of drug-likeness (QED) is 0.715. The summed E-state index contributed by atoms with van der Waals surface area (Å²) >= 11 is 0. The summed E-state index contributed by atoms with van der Waals surface area (Å²) in [5, 5.41) is 3.06. The van der Waals surface area contributed by atoms with Gasteiger partial charge in [-0.2, -0.15) is 0 Å². The fraction of sp³-hybridized carbons (Fsp3) is 0.333. The summed E-state index contributed by atoms with van der Waals surface area (Å²) in [6.07, 6.45) is 0. The summed E-state index contributed by atoms with van der Waals surface area (Å²) in [6.45, 7) is 4.00. The first-order valence-electron chi connectivity index (χ1n) is 9.07. The van der Waals surface area contributed by atoms with E-state index in [-0.39, 0.29) is 18.4 Å². The number of fused-ring (bicyclic) bond motifs is 3. The second-order valence-electron chi connectivity index (χ2n) is 6.83. The van der Waals surface area contributed by atoms with Crippen LogP contribution in [0, 0.1) is 6.92 Å². The number of carbonyl (C=O) groups excluding carboxylic acids is 2. The Morgan fingerprint density at radius 1 is 1.00 bits per heavy atom. The molecular weight excluding hydrogens is 344 g/mol. The van der Waals surface area contributed by atoms with Gasteiger partial charge in [-0.3, -0.25) is 9.59 Å². The molecule has 0 aliphatic carbocycles. The van der Waals surface area contributed by atoms with E-state index in [1.165, 1.54) is 7.11 Å². The van der Waals surface area contributed by atoms with E-state index < -0.39 is 0 Å². The van der Waals surface area contributed by atoms with Crippen molar-refractivity contribution >= 4 is 33.6 Å². The van der Waals surface area contributed by atoms with Crippen molar-refractivity contribution in [2.24, 2.45) is 0 Å². The largest absolute Gasteiger partial charge is 0.450 e. The van der Waals surface area contributed by atoms with Gasteiger partial charge in [-0.25, -0.2) is 0 Å². The third kappa shape index (κ3) is 3.06. The van der Waals surface area contributed by atoms with E-state index in [1.54, 1.807) is 9.80 Å². The Labute approximate surface area is 157 Å². The lowest BCUT2D eigenvalue weighted by molar-refractivity contribution is -0.136. The maximum Gasteiger partial charge on any atom is 0.290 e. The van der Waals surface area contributed by atoms with Gasteiger partial charge in [0.15, 0.2) is 5.76 Å². The van der Waals surface area contributed by atoms with Crippen LogP contribution in [-0.4, -0.2) is 61.5 Å². The third-order valence-electron chi connectivity index (χ3n) is 5.21. The minimum absolute atomic E-state index is 0.0454. The van der Waals surface area contributed by atoms with Gasteiger partial charge < -0.3 is 19.0 Å². The number of carbonyl (C=O) groups is 2. The predicted octanol–water partition coefficient (Wildman–Crippen LogP) is 2.83. The van der Waals surface area contributed by atoms with E-state index in [2.05, 4.69) is 6.07 Å². The molecule has 0 atom stereocenters. The van der Waals surface area contributed by atoms with Crippen molar-refractivity contribution in [3.63, 3.8) is 0 Å². The molecule has 6 heteroatoms. The Morgan fingerprint density at radius 3 is 2.44 bits per heavy atom. The van der Waals surface area contributed by atoms with Crippen LogP contribution in [0.2, 0.25) is 0 Å². The first-order chi connectivity index (χ1) is 13.1. The molecule has 0 saturated carbocycles. The van der Waals surface area contributed by atoms with Gasteiger partial charge >= 0.3 is 0 Å². The lowest BCUT2D eigenvalue weighted by Gasteiger charge is -2.34. The number of piperazine rings is 1. The van der Waals surface area contributed by atoms with E-state index in [0.29, 0.717) is 31.9 Å². The molecular formula is C21H22N2O4. The van der Waals surface area contributed by atoms with Crippen LogP contribution < -0.4 is 0 Å². The molecule has 4 rings (SSSR count). The van der Waals surface area contributed by atoms with Crippen LogP contribution in [0.25, 0.3) is 21.7 Å². The summed E-state index contributed by atoms with van der Waals surface area (Å²) in [6, 6.07) is 12.1. The summed E-state index contributed by atoms with van der Waals surface area (Å²) in [7, 11) is 1.51. The summed E-state index contributed by atoms with van der Waals surface area (Å²) in [5.41, 5.74) is 1.61. The highest BCUT2D eigenvalue weighted by Crippen LogP contribution is 2.32. The molecule has 0 radical (unpaired) electrons. The van der Waals surface area contributed by atoms with Crippen molar-refractivity contribution in [3.05, 3.63) is 47.7 Å². The Hall–Kier alpha value is -2.86. The van der Waals surface area contributed by atoms with Crippen molar-refractivity contribution < 1.29 is 18.7 Å². The minimum Gasteiger partial charge on any atom is -0.450 e. The number of hydrogen-bond donors (Lipinski definition) is 0. The molecule has 140 valence electrons. The zero-order valence-corrected chi connectivity index (χ0v) is 15.5. The van der Waals surface area contributed by atoms with Crippen LogP contribution in [0.1, 0.15) is 16.1 Å². The molecule has 2 amide bonds. The third-order valence-corrected chi connectivity index (χ3v) is 5.21. The van der Waals surface area contributed by atoms with Crippen LogP contribution in [0.15, 0.2) is 40.8 Å². The van der Waals surface area contributed by atoms with E-state index in [9.17, 15) is 9.59 Å². The predicted molar refractivity (Wildman–Crippen MR) is 103 cm³/mol. The molecule has 2 aromatic carbocycles. The number of furan rings is 1. The molecule has 0 spiro atoms. The fourth-order valence-corrected chi connectivity index (χ4v) is 3.67. The first-order valence-corrected chi connectivity index (χ1v) is 9.07. The SMILES string of the molecule is COCC(=O)N1CCN(C(=O)c2oc3c(ccc4ccccc43)c2C)CC1. The normalized spacial score (nSPS) is 14.9. The first kappa shape index (κ1) is 17.5. The summed E-state index contributed by atoms with van der Waals surface area (Å²) in [4.78, 5) is 28.4. The lowest BCUT2D eigenvalue weighted by Crippen LogP contribution is -2.51. The molecule has 0 bridgehead atoms. The van der Waals surface area contributed by atoms with E-state index in [0.717, 1.165) is 27.3 Å². The number of methoxy groups -OCH3 is 1. The number of aryl methyl sites for hydroxylation is 1. The van der Waals surface area contributed by atoms with Gasteiger partial charge in [-0.05, 0) is 12.3 Å². The number of amides is 2. The molecule has 1 aliphatic heterocycles. The van der Waals surface area contributed by atoms with Crippen LogP contribution in [0.5, 0.6) is 0 Å². The maximum atomic E-state index is 13.0. The maximum absolute atomic E-state index is 13.0. The standard InChI is InChI=1S/C21H22N2O4/c1-14-16-8-7-15-5-3-4-6-17(15)20(16)27-19(14)21(25)23-11-9-22(10-12-23)18(24)13-26-2/h3-8H,9-13H2,1-2H3. The van der Waals surface area contributed by atoms with Crippen molar-refractivity contribution in [1.82, 2.24) is 9.80 Å². The van der Waals surface area contributed by atoms with Crippen LogP contribution in [0.3, 0.4) is 0 Å². The van der Waals surface area contributed by atoms with E-state index >= 15 is 0 Å². The van der Waals surface area contributed by atoms with E-state index in [1.807, 2.05) is 37.3 Å². The van der Waals surface area contributed by atoms with Gasteiger partial charge in [0, 0.05) is 49.6 Å². The monoisotopic (exact) mass is 366 g/mol. The Balaban J connectivity index is 1.59. The number of nitrogens with zero attached hydrogens (tertiary/aromatic N) is 2. The molecule has 2 heterocycles. The topological polar surface area (TPSA) is 63.0 Å². The number of rotatable bonds is 3. The van der Waals surface area contributed by atoms with Gasteiger partial charge in [0.05, 0.1) is 0 Å². The highest BCUT2D eigenvalue weighted by molar-refractivity contribution is 6.08. The lowest BCUT2D eigenvalue weighted by atomic mass is 10.1. The number of hydrogen-bond acceptors (Lipinski definition) is 4. The zero-order valence-electron chi connectivity index (χ0n) is 15.5. The molecule has 27 heavy (non-hydrogen) atoms. The molecule has 3 aromatic rings. The smallest absolute Gasteiger partial charge is 0.290 e. The molecule has 0 unspecified atom stereocenters. The summed E-state index contributed by atoms with van der Waals surface area (Å²) in [5.74, 6) is 0.223. The second kappa shape index (κ2) is 7.04. The van der Waals surface area contributed by atoms with Crippen LogP contribution in [-0.2, 0) is 9.53 Å². The minimum atomic E-state index is -0.119. The highest BCUT2D eigenvalue weighted by atomic mass is 16.5. The van der Waals surface area contributed by atoms with Crippen LogP contribution >= 0.6 is 0 Å². The molecule has 0 N–H and O–H groups in total. The van der Waals surface area contributed by atoms with Crippen LogP contribution in [0.4, 0.5) is 0 Å². The average Bonchev–Trinajstić information content (AvgIpc) is 3.05. The molecule has 1 aromatic heterocycles. The summed E-state index contributed by atoms with van der Waals surface area (Å²) < 4.78 is 10.9. The van der Waals surface area contributed by atoms with Crippen molar-refractivity contribution in [3.8, 4) is 0 Å². The van der Waals surface area contributed by atoms with Gasteiger partial charge in [0.2, 0.25) is 5.91 Å². The highest BCUT2D eigenvalue weighted by Gasteiger charge is 2.28. The fourth-order valence-electron chi connectivity index (χ4n) is 3.67. The number of ether oxygens (including phenoxy) is 1. The Morgan fingerprint density at radius 2 is 1.70 bits per heavy atom. The second-order valence-corrected chi connectivity index (χ2v) is 6.83. The zero-order chi connectivity index (χ0) is 19.0. The van der Waals surface area contributed by atoms with Crippen molar-refractivity contribution in [2.45, 2.75) is 6.92 Å². The number of benzene rings is 2. The molecule has 1 fully saturated rings. The molecule has 1 saturated heterocycles. The average molecular weight is 366 g/mol. The Bertz CT molecular complexity index is 1020. The van der Waals surface area contributed by atoms with Crippen molar-refractivity contribution in [2.75, 3.05) is 39.9 Å². The van der Waals surface area contributed by atoms with Gasteiger partial charge in [-0.15, -0.1) is 0 Å². The Kier molecular flexibility index (Phi) is 4.58.